The number of aliphatic carboxylic acids is 1. The first-order chi connectivity index (χ1) is 4.66. The molecular formula is C6H7CaO4. The molecule has 0 aliphatic carbocycles. The third-order valence-corrected chi connectivity index (χ3v) is 0.642. The third-order valence-electron chi connectivity index (χ3n) is 0.642. The fourth-order valence-electron chi connectivity index (χ4n) is 0.326. The van der Waals surface area contributed by atoms with Gasteiger partial charge < -0.3 is 14.6 Å². The van der Waals surface area contributed by atoms with Gasteiger partial charge in [-0.2, -0.15) is 0 Å². The average Bonchev–Trinajstić information content (AvgIpc) is 1.85. The third kappa shape index (κ3) is 9.94. The molecule has 0 aromatic rings. The van der Waals surface area contributed by atoms with Crippen molar-refractivity contribution in [2.24, 2.45) is 0 Å². The van der Waals surface area contributed by atoms with Gasteiger partial charge in [-0.15, -0.1) is 0 Å². The van der Waals surface area contributed by atoms with Crippen LogP contribution in [0.3, 0.4) is 0 Å². The van der Waals surface area contributed by atoms with Crippen molar-refractivity contribution in [3.05, 3.63) is 12.2 Å². The Kier molecular flexibility index (Phi) is 9.89. The monoisotopic (exact) mass is 183 g/mol. The summed E-state index contributed by atoms with van der Waals surface area (Å²) in [6.45, 7) is 1.86. The van der Waals surface area contributed by atoms with E-state index < -0.39 is 11.9 Å². The first kappa shape index (κ1) is 13.5. The van der Waals surface area contributed by atoms with E-state index in [9.17, 15) is 14.7 Å². The molecule has 4 nitrogen and oxygen atoms in total. The van der Waals surface area contributed by atoms with Crippen molar-refractivity contribution < 1.29 is 19.4 Å². The summed E-state index contributed by atoms with van der Waals surface area (Å²) in [7, 11) is 0. The molecule has 0 amide bonds. The van der Waals surface area contributed by atoms with Crippen LogP contribution in [0.4, 0.5) is 0 Å². The summed E-state index contributed by atoms with van der Waals surface area (Å²) in [5, 5.41) is 9.70. The van der Waals surface area contributed by atoms with Gasteiger partial charge in [0.15, 0.2) is 0 Å². The van der Waals surface area contributed by atoms with Crippen LogP contribution >= 0.6 is 0 Å². The van der Waals surface area contributed by atoms with Gasteiger partial charge in [0, 0.05) is 6.08 Å². The van der Waals surface area contributed by atoms with E-state index in [4.69, 9.17) is 0 Å². The second-order valence-corrected chi connectivity index (χ2v) is 1.40. The molecule has 0 aromatic carbocycles. The van der Waals surface area contributed by atoms with E-state index in [0.717, 1.165) is 6.08 Å². The van der Waals surface area contributed by atoms with Crippen LogP contribution in [0.5, 0.6) is 0 Å². The Hall–Kier alpha value is -0.0603. The Morgan fingerprint density at radius 3 is 2.36 bits per heavy atom. The van der Waals surface area contributed by atoms with Crippen LogP contribution < -0.4 is 5.11 Å². The molecule has 0 saturated carbocycles. The summed E-state index contributed by atoms with van der Waals surface area (Å²) in [6.07, 6.45) is 1.43. The smallest absolute Gasteiger partial charge is 0.545 e. The Bertz CT molecular complexity index is 164. The van der Waals surface area contributed by atoms with E-state index in [2.05, 4.69) is 4.74 Å². The number of hydrogen-bond acceptors (Lipinski definition) is 4. The van der Waals surface area contributed by atoms with E-state index in [1.165, 1.54) is 0 Å². The first-order valence-electron chi connectivity index (χ1n) is 2.72. The second kappa shape index (κ2) is 8.04. The number of rotatable bonds is 3. The number of ether oxygens (including phenoxy) is 1. The van der Waals surface area contributed by atoms with Crippen LogP contribution in [0.25, 0.3) is 0 Å². The molecule has 0 unspecified atom stereocenters. The minimum Gasteiger partial charge on any atom is -0.545 e. The summed E-state index contributed by atoms with van der Waals surface area (Å²) in [5.41, 5.74) is 0. The molecule has 0 aromatic heterocycles. The molecule has 0 aliphatic heterocycles. The van der Waals surface area contributed by atoms with Crippen LogP contribution in [0, 0.1) is 0 Å². The van der Waals surface area contributed by atoms with E-state index in [-0.39, 0.29) is 44.3 Å². The molecule has 0 fully saturated rings. The van der Waals surface area contributed by atoms with Crippen molar-refractivity contribution in [1.82, 2.24) is 0 Å². The average molecular weight is 183 g/mol. The molecule has 11 heavy (non-hydrogen) atoms. The number of hydrogen-bond donors (Lipinski definition) is 0. The predicted octanol–water partition coefficient (Wildman–Crippen LogP) is -1.53. The van der Waals surface area contributed by atoms with Crippen molar-refractivity contribution >= 4 is 49.7 Å². The second-order valence-electron chi connectivity index (χ2n) is 1.40. The van der Waals surface area contributed by atoms with Crippen molar-refractivity contribution in [2.45, 2.75) is 6.92 Å². The maximum Gasteiger partial charge on any atom is 1.00 e. The Labute approximate surface area is 94.2 Å². The van der Waals surface area contributed by atoms with Crippen molar-refractivity contribution in [3.63, 3.8) is 0 Å². The molecule has 5 heteroatoms. The van der Waals surface area contributed by atoms with E-state index in [0.29, 0.717) is 6.08 Å². The largest absolute Gasteiger partial charge is 1.00 e. The molecule has 0 bridgehead atoms. The standard InChI is InChI=1S/C6H8O4.Ca/c1-2-10-6(9)4-3-5(7)8;/h3-4H,2H2,1H3,(H,7,8);/q;+1/p-1. The number of carboxylic acid groups (broad SMARTS) is 1. The minimum absolute atomic E-state index is 0. The van der Waals surface area contributed by atoms with Gasteiger partial charge in [-0.25, -0.2) is 4.79 Å². The maximum absolute atomic E-state index is 10.3. The Morgan fingerprint density at radius 2 is 2.00 bits per heavy atom. The molecule has 0 saturated heterocycles. The van der Waals surface area contributed by atoms with Gasteiger partial charge in [0.25, 0.3) is 0 Å². The normalized spacial score (nSPS) is 8.82. The molecular weight excluding hydrogens is 176 g/mol. The van der Waals surface area contributed by atoms with Crippen LogP contribution in [0.2, 0.25) is 0 Å². The summed E-state index contributed by atoms with van der Waals surface area (Å²) < 4.78 is 4.38. The first-order valence-corrected chi connectivity index (χ1v) is 2.72. The quantitative estimate of drug-likeness (QED) is 0.302. The SMILES string of the molecule is CCOC(=O)C=CC(=O)[O-].[Ca+]. The van der Waals surface area contributed by atoms with Gasteiger partial charge in [0.1, 0.15) is 0 Å². The summed E-state index contributed by atoms with van der Waals surface area (Å²) in [4.78, 5) is 20.0. The molecule has 0 spiro atoms. The van der Waals surface area contributed by atoms with Gasteiger partial charge in [-0.1, -0.05) is 0 Å². The molecule has 0 aliphatic rings. The van der Waals surface area contributed by atoms with Gasteiger partial charge in [0.05, 0.1) is 12.6 Å². The fraction of sp³-hybridized carbons (Fsp3) is 0.333. The Morgan fingerprint density at radius 1 is 1.45 bits per heavy atom. The van der Waals surface area contributed by atoms with Crippen LogP contribution in [0.15, 0.2) is 12.2 Å². The fourth-order valence-corrected chi connectivity index (χ4v) is 0.326. The van der Waals surface area contributed by atoms with Gasteiger partial charge in [-0.3, -0.25) is 0 Å². The molecule has 1 radical (unpaired) electrons. The van der Waals surface area contributed by atoms with Crippen molar-refractivity contribution in [1.29, 1.82) is 0 Å². The van der Waals surface area contributed by atoms with Crippen molar-refractivity contribution in [2.75, 3.05) is 6.61 Å². The number of carbonyl (C=O) groups is 2. The van der Waals surface area contributed by atoms with E-state index in [1.54, 1.807) is 6.92 Å². The zero-order valence-corrected chi connectivity index (χ0v) is 8.41. The van der Waals surface area contributed by atoms with Crippen LogP contribution in [-0.2, 0) is 14.3 Å². The molecule has 57 valence electrons. The number of carboxylic acids is 1. The molecule has 0 heterocycles. The van der Waals surface area contributed by atoms with Gasteiger partial charge in [0.2, 0.25) is 0 Å². The summed E-state index contributed by atoms with van der Waals surface area (Å²) >= 11 is 0. The van der Waals surface area contributed by atoms with E-state index in [1.807, 2.05) is 0 Å². The molecule has 0 atom stereocenters. The zero-order chi connectivity index (χ0) is 7.98. The molecule has 0 rings (SSSR count). The van der Waals surface area contributed by atoms with Crippen LogP contribution in [0.1, 0.15) is 6.92 Å². The topological polar surface area (TPSA) is 66.4 Å². The molecule has 0 N–H and O–H groups in total. The maximum atomic E-state index is 10.3. The van der Waals surface area contributed by atoms with Crippen LogP contribution in [-0.4, -0.2) is 56.3 Å². The van der Waals surface area contributed by atoms with E-state index >= 15 is 0 Å². The summed E-state index contributed by atoms with van der Waals surface area (Å²) in [5.74, 6) is -2.08. The zero-order valence-electron chi connectivity index (χ0n) is 6.20. The van der Waals surface area contributed by atoms with Gasteiger partial charge in [-0.05, 0) is 13.0 Å². The summed E-state index contributed by atoms with van der Waals surface area (Å²) in [6, 6.07) is 0. The van der Waals surface area contributed by atoms with Crippen molar-refractivity contribution in [3.8, 4) is 0 Å². The number of esters is 1. The Balaban J connectivity index is 0. The predicted molar refractivity (Wildman–Crippen MR) is 36.5 cm³/mol. The van der Waals surface area contributed by atoms with Gasteiger partial charge >= 0.3 is 43.7 Å². The number of carbonyl (C=O) groups excluding carboxylic acids is 2. The minimum atomic E-state index is -1.41.